The number of nitrogens with zero attached hydrogens (tertiary/aromatic N) is 6. The molecule has 0 unspecified atom stereocenters. The molecule has 0 amide bonds. The fraction of sp³-hybridized carbons (Fsp3) is 0.160. The largest absolute Gasteiger partial charge is 0.397 e. The number of tetrazole rings is 1. The molecule has 34 heavy (non-hydrogen) atoms. The number of hydrogen-bond acceptors (Lipinski definition) is 6. The van der Waals surface area contributed by atoms with Crippen molar-refractivity contribution >= 4 is 5.69 Å². The molecule has 0 fully saturated rings. The molecule has 9 nitrogen and oxygen atoms in total. The quantitative estimate of drug-likeness (QED) is 0.365. The highest BCUT2D eigenvalue weighted by atomic mass is 16.1. The van der Waals surface area contributed by atoms with Crippen molar-refractivity contribution in [2.45, 2.75) is 26.3 Å². The maximum Gasteiger partial charge on any atom is 0.333 e. The van der Waals surface area contributed by atoms with Crippen molar-refractivity contribution in [3.63, 3.8) is 0 Å². The van der Waals surface area contributed by atoms with Crippen LogP contribution in [0.1, 0.15) is 24.6 Å². The Morgan fingerprint density at radius 1 is 1.03 bits per heavy atom. The van der Waals surface area contributed by atoms with Crippen LogP contribution in [0.3, 0.4) is 0 Å². The smallest absolute Gasteiger partial charge is 0.333 e. The first-order valence-corrected chi connectivity index (χ1v) is 11.1. The Labute approximate surface area is 195 Å². The number of nitrogens with one attached hydrogen (secondary N) is 1. The average Bonchev–Trinajstić information content (AvgIpc) is 3.50. The summed E-state index contributed by atoms with van der Waals surface area (Å²) in [5, 5.41) is 14.1. The van der Waals surface area contributed by atoms with Crippen molar-refractivity contribution < 1.29 is 0 Å². The van der Waals surface area contributed by atoms with E-state index in [1.807, 2.05) is 65.4 Å². The number of imidazole rings is 1. The summed E-state index contributed by atoms with van der Waals surface area (Å²) < 4.78 is 3.46. The number of nitrogen functional groups attached to an aromatic ring is 1. The molecule has 5 rings (SSSR count). The molecule has 3 aromatic heterocycles. The molecule has 9 heteroatoms. The standard InChI is InChI=1S/C25H24N8O/c1-2-6-19-16-33(22-9-4-3-8-21(22)26)25(34)32(19)15-17-10-12-18(13-11-17)23-20(7-5-14-27-23)24-28-30-31-29-24/h3-5,7-14,16H,2,6,15,26H2,1H3,(H,28,29,30,31). The van der Waals surface area contributed by atoms with Crippen molar-refractivity contribution in [3.05, 3.63) is 94.8 Å². The second-order valence-corrected chi connectivity index (χ2v) is 8.01. The highest BCUT2D eigenvalue weighted by molar-refractivity contribution is 5.76. The lowest BCUT2D eigenvalue weighted by Gasteiger charge is -2.09. The van der Waals surface area contributed by atoms with Crippen LogP contribution in [0.15, 0.2) is 77.9 Å². The Morgan fingerprint density at radius 2 is 1.85 bits per heavy atom. The molecule has 0 aliphatic carbocycles. The molecule has 0 atom stereocenters. The Kier molecular flexibility index (Phi) is 5.73. The van der Waals surface area contributed by atoms with Gasteiger partial charge in [-0.15, -0.1) is 5.10 Å². The fourth-order valence-electron chi connectivity index (χ4n) is 4.08. The van der Waals surface area contributed by atoms with Gasteiger partial charge in [-0.3, -0.25) is 14.1 Å². The Bertz CT molecular complexity index is 1470. The van der Waals surface area contributed by atoms with Gasteiger partial charge in [0.25, 0.3) is 0 Å². The SMILES string of the molecule is CCCc1cn(-c2ccccc2N)c(=O)n1Cc1ccc(-c2ncccc2-c2nnn[nH]2)cc1. The van der Waals surface area contributed by atoms with E-state index in [1.165, 1.54) is 0 Å². The van der Waals surface area contributed by atoms with Gasteiger partial charge < -0.3 is 5.73 Å². The number of anilines is 1. The fourth-order valence-corrected chi connectivity index (χ4v) is 4.08. The zero-order chi connectivity index (χ0) is 23.5. The van der Waals surface area contributed by atoms with Crippen LogP contribution in [0, 0.1) is 0 Å². The second kappa shape index (κ2) is 9.14. The second-order valence-electron chi connectivity index (χ2n) is 8.01. The van der Waals surface area contributed by atoms with E-state index >= 15 is 0 Å². The van der Waals surface area contributed by atoms with E-state index in [-0.39, 0.29) is 5.69 Å². The van der Waals surface area contributed by atoms with Gasteiger partial charge in [0.05, 0.1) is 23.6 Å². The molecule has 170 valence electrons. The van der Waals surface area contributed by atoms with Crippen molar-refractivity contribution in [1.29, 1.82) is 0 Å². The van der Waals surface area contributed by atoms with Crippen LogP contribution in [0.2, 0.25) is 0 Å². The molecular formula is C25H24N8O. The first kappa shape index (κ1) is 21.3. The van der Waals surface area contributed by atoms with E-state index in [1.54, 1.807) is 16.8 Å². The summed E-state index contributed by atoms with van der Waals surface area (Å²) in [6.45, 7) is 2.57. The van der Waals surface area contributed by atoms with Gasteiger partial charge in [-0.2, -0.15) is 0 Å². The molecule has 0 radical (unpaired) electrons. The van der Waals surface area contributed by atoms with E-state index in [9.17, 15) is 4.79 Å². The third-order valence-electron chi connectivity index (χ3n) is 5.74. The lowest BCUT2D eigenvalue weighted by atomic mass is 10.0. The Balaban J connectivity index is 1.48. The van der Waals surface area contributed by atoms with Crippen LogP contribution < -0.4 is 11.4 Å². The molecule has 5 aromatic rings. The van der Waals surface area contributed by atoms with Crippen molar-refractivity contribution in [3.8, 4) is 28.3 Å². The minimum Gasteiger partial charge on any atom is -0.397 e. The number of H-pyrrole nitrogens is 1. The van der Waals surface area contributed by atoms with Gasteiger partial charge in [-0.1, -0.05) is 49.7 Å². The van der Waals surface area contributed by atoms with Gasteiger partial charge in [0.15, 0.2) is 5.82 Å². The van der Waals surface area contributed by atoms with Crippen LogP contribution >= 0.6 is 0 Å². The lowest BCUT2D eigenvalue weighted by molar-refractivity contribution is 0.692. The Hall–Kier alpha value is -4.53. The van der Waals surface area contributed by atoms with E-state index in [0.29, 0.717) is 23.7 Å². The van der Waals surface area contributed by atoms with Crippen LogP contribution in [-0.2, 0) is 13.0 Å². The zero-order valence-corrected chi connectivity index (χ0v) is 18.7. The number of pyridine rings is 1. The summed E-state index contributed by atoms with van der Waals surface area (Å²) in [5.41, 5.74) is 11.8. The monoisotopic (exact) mass is 452 g/mol. The summed E-state index contributed by atoms with van der Waals surface area (Å²) in [7, 11) is 0. The summed E-state index contributed by atoms with van der Waals surface area (Å²) in [6, 6.07) is 19.2. The number of aromatic nitrogens is 7. The maximum absolute atomic E-state index is 13.3. The molecule has 0 saturated heterocycles. The molecule has 0 saturated carbocycles. The van der Waals surface area contributed by atoms with E-state index in [4.69, 9.17) is 5.73 Å². The van der Waals surface area contributed by atoms with Gasteiger partial charge >= 0.3 is 5.69 Å². The molecule has 0 aliphatic heterocycles. The van der Waals surface area contributed by atoms with E-state index < -0.39 is 0 Å². The van der Waals surface area contributed by atoms with E-state index in [2.05, 4.69) is 32.5 Å². The normalized spacial score (nSPS) is 11.1. The molecule has 3 N–H and O–H groups in total. The maximum atomic E-state index is 13.3. The first-order chi connectivity index (χ1) is 16.7. The van der Waals surface area contributed by atoms with Gasteiger partial charge in [0.1, 0.15) is 0 Å². The highest BCUT2D eigenvalue weighted by Gasteiger charge is 2.15. The van der Waals surface area contributed by atoms with Crippen LogP contribution in [0.25, 0.3) is 28.3 Å². The average molecular weight is 453 g/mol. The lowest BCUT2D eigenvalue weighted by Crippen LogP contribution is -2.25. The minimum atomic E-state index is -0.102. The number of benzene rings is 2. The van der Waals surface area contributed by atoms with Crippen molar-refractivity contribution in [1.82, 2.24) is 34.7 Å². The van der Waals surface area contributed by atoms with Crippen LogP contribution in [0.4, 0.5) is 5.69 Å². The third-order valence-corrected chi connectivity index (χ3v) is 5.74. The summed E-state index contributed by atoms with van der Waals surface area (Å²) >= 11 is 0. The third kappa shape index (κ3) is 3.99. The molecule has 0 spiro atoms. The highest BCUT2D eigenvalue weighted by Crippen LogP contribution is 2.27. The number of aromatic amines is 1. The number of nitrogens with two attached hydrogens (primary N) is 1. The molecule has 2 aromatic carbocycles. The number of rotatable bonds is 7. The van der Waals surface area contributed by atoms with Gasteiger partial charge in [0.2, 0.25) is 0 Å². The van der Waals surface area contributed by atoms with Crippen LogP contribution in [0.5, 0.6) is 0 Å². The summed E-state index contributed by atoms with van der Waals surface area (Å²) in [5.74, 6) is 0.560. The predicted molar refractivity (Wildman–Crippen MR) is 130 cm³/mol. The minimum absolute atomic E-state index is 0.102. The zero-order valence-electron chi connectivity index (χ0n) is 18.7. The molecule has 3 heterocycles. The molecule has 0 aliphatic rings. The first-order valence-electron chi connectivity index (χ1n) is 11.1. The molecule has 0 bridgehead atoms. The van der Waals surface area contributed by atoms with Gasteiger partial charge in [-0.05, 0) is 46.7 Å². The van der Waals surface area contributed by atoms with Crippen molar-refractivity contribution in [2.75, 3.05) is 5.73 Å². The topological polar surface area (TPSA) is 120 Å². The van der Waals surface area contributed by atoms with Gasteiger partial charge in [0, 0.05) is 29.2 Å². The number of aryl methyl sites for hydroxylation is 1. The summed E-state index contributed by atoms with van der Waals surface area (Å²) in [4.78, 5) is 17.9. The van der Waals surface area contributed by atoms with Gasteiger partial charge in [-0.25, -0.2) is 9.89 Å². The number of para-hydroxylation sites is 2. The predicted octanol–water partition coefficient (Wildman–Crippen LogP) is 3.46. The van der Waals surface area contributed by atoms with Crippen LogP contribution in [-0.4, -0.2) is 34.7 Å². The summed E-state index contributed by atoms with van der Waals surface area (Å²) in [6.07, 6.45) is 5.38. The number of hydrogen-bond donors (Lipinski definition) is 2. The molecular weight excluding hydrogens is 428 g/mol. The Morgan fingerprint density at radius 3 is 2.59 bits per heavy atom. The van der Waals surface area contributed by atoms with Crippen molar-refractivity contribution in [2.24, 2.45) is 0 Å². The van der Waals surface area contributed by atoms with E-state index in [0.717, 1.165) is 40.9 Å².